The predicted octanol–water partition coefficient (Wildman–Crippen LogP) is 2.56. The second kappa shape index (κ2) is 4.46. The molecule has 0 aliphatic rings. The monoisotopic (exact) mass is 228 g/mol. The molecule has 2 aromatic rings. The summed E-state index contributed by atoms with van der Waals surface area (Å²) in [5.74, 6) is 0.403. The zero-order chi connectivity index (χ0) is 12.4. The molecule has 2 heterocycles. The Morgan fingerprint density at radius 2 is 2.29 bits per heavy atom. The summed E-state index contributed by atoms with van der Waals surface area (Å²) in [7, 11) is 0. The maximum absolute atomic E-state index is 9.08. The molecule has 0 unspecified atom stereocenters. The van der Waals surface area contributed by atoms with Gasteiger partial charge in [0, 0.05) is 18.1 Å². The van der Waals surface area contributed by atoms with E-state index >= 15 is 0 Å². The molecule has 2 rings (SSSR count). The molecule has 4 heteroatoms. The second-order valence-corrected chi connectivity index (χ2v) is 4.53. The number of nitriles is 1. The van der Waals surface area contributed by atoms with Gasteiger partial charge in [-0.2, -0.15) is 10.4 Å². The summed E-state index contributed by atoms with van der Waals surface area (Å²) < 4.78 is 2.13. The third-order valence-corrected chi connectivity index (χ3v) is 2.95. The molecule has 0 bridgehead atoms. The Bertz CT molecular complexity index is 541. The van der Waals surface area contributed by atoms with Crippen LogP contribution in [0.1, 0.15) is 42.3 Å². The lowest BCUT2D eigenvalue weighted by Crippen LogP contribution is -2.06. The van der Waals surface area contributed by atoms with Crippen LogP contribution in [-0.2, 0) is 6.54 Å². The van der Waals surface area contributed by atoms with E-state index in [1.165, 1.54) is 5.69 Å². The lowest BCUT2D eigenvalue weighted by molar-refractivity contribution is 0.676. The number of H-pyrrole nitrogens is 1. The first-order chi connectivity index (χ1) is 8.13. The van der Waals surface area contributed by atoms with Crippen molar-refractivity contribution in [3.05, 3.63) is 41.0 Å². The number of aromatic nitrogens is 3. The number of nitrogens with zero attached hydrogens (tertiary/aromatic N) is 3. The fourth-order valence-electron chi connectivity index (χ4n) is 2.24. The first kappa shape index (κ1) is 11.5. The van der Waals surface area contributed by atoms with Crippen molar-refractivity contribution in [2.75, 3.05) is 0 Å². The van der Waals surface area contributed by atoms with E-state index in [4.69, 9.17) is 5.26 Å². The van der Waals surface area contributed by atoms with Crippen LogP contribution in [0.4, 0.5) is 0 Å². The van der Waals surface area contributed by atoms with Gasteiger partial charge in [0.15, 0.2) is 0 Å². The van der Waals surface area contributed by atoms with Crippen LogP contribution in [0, 0.1) is 18.3 Å². The molecular formula is C13H16N4. The molecule has 0 aliphatic carbocycles. The molecule has 4 nitrogen and oxygen atoms in total. The number of hydrogen-bond donors (Lipinski definition) is 1. The third-order valence-electron chi connectivity index (χ3n) is 2.95. The van der Waals surface area contributed by atoms with Gasteiger partial charge in [0.25, 0.3) is 0 Å². The highest BCUT2D eigenvalue weighted by molar-refractivity contribution is 5.41. The van der Waals surface area contributed by atoms with Crippen molar-refractivity contribution in [2.24, 2.45) is 0 Å². The first-order valence-electron chi connectivity index (χ1n) is 5.71. The Balaban J connectivity index is 2.43. The minimum absolute atomic E-state index is 0.403. The van der Waals surface area contributed by atoms with Crippen LogP contribution in [-0.4, -0.2) is 14.8 Å². The molecule has 2 aromatic heterocycles. The molecule has 0 spiro atoms. The van der Waals surface area contributed by atoms with Gasteiger partial charge in [0.2, 0.25) is 0 Å². The number of nitrogens with one attached hydrogen (secondary N) is 1. The fraction of sp³-hybridized carbons (Fsp3) is 0.385. The zero-order valence-corrected chi connectivity index (χ0v) is 10.4. The Morgan fingerprint density at radius 3 is 2.82 bits per heavy atom. The summed E-state index contributed by atoms with van der Waals surface area (Å²) >= 11 is 0. The average Bonchev–Trinajstić information content (AvgIpc) is 2.87. The van der Waals surface area contributed by atoms with E-state index in [1.807, 2.05) is 19.2 Å². The van der Waals surface area contributed by atoms with Gasteiger partial charge in [-0.05, 0) is 24.5 Å². The van der Waals surface area contributed by atoms with Gasteiger partial charge in [0.1, 0.15) is 6.07 Å². The summed E-state index contributed by atoms with van der Waals surface area (Å²) in [4.78, 5) is 0. The molecular weight excluding hydrogens is 212 g/mol. The lowest BCUT2D eigenvalue weighted by atomic mass is 10.0. The Hall–Kier alpha value is -2.02. The van der Waals surface area contributed by atoms with Crippen LogP contribution in [0.25, 0.3) is 0 Å². The van der Waals surface area contributed by atoms with Crippen molar-refractivity contribution in [1.29, 1.82) is 5.26 Å². The molecule has 0 aromatic carbocycles. The van der Waals surface area contributed by atoms with Crippen molar-refractivity contribution < 1.29 is 0 Å². The minimum atomic E-state index is 0.403. The first-order valence-corrected chi connectivity index (χ1v) is 5.71. The number of aromatic amines is 1. The van der Waals surface area contributed by atoms with Crippen LogP contribution in [0.5, 0.6) is 0 Å². The molecule has 1 N–H and O–H groups in total. The highest BCUT2D eigenvalue weighted by Gasteiger charge is 2.15. The zero-order valence-electron chi connectivity index (χ0n) is 10.4. The quantitative estimate of drug-likeness (QED) is 0.877. The fourth-order valence-corrected chi connectivity index (χ4v) is 2.24. The maximum atomic E-state index is 9.08. The molecule has 17 heavy (non-hydrogen) atoms. The molecule has 0 saturated heterocycles. The molecule has 0 aliphatic heterocycles. The van der Waals surface area contributed by atoms with Crippen LogP contribution in [0.2, 0.25) is 0 Å². The van der Waals surface area contributed by atoms with Crippen molar-refractivity contribution in [3.63, 3.8) is 0 Å². The predicted molar refractivity (Wildman–Crippen MR) is 65.7 cm³/mol. The average molecular weight is 228 g/mol. The summed E-state index contributed by atoms with van der Waals surface area (Å²) in [5, 5.41) is 16.0. The smallest absolute Gasteiger partial charge is 0.101 e. The highest BCUT2D eigenvalue weighted by Crippen LogP contribution is 2.24. The van der Waals surface area contributed by atoms with Gasteiger partial charge in [-0.1, -0.05) is 13.8 Å². The van der Waals surface area contributed by atoms with Crippen LogP contribution in [0.15, 0.2) is 18.5 Å². The van der Waals surface area contributed by atoms with E-state index in [0.717, 1.165) is 23.4 Å². The second-order valence-electron chi connectivity index (χ2n) is 4.53. The van der Waals surface area contributed by atoms with E-state index in [-0.39, 0.29) is 0 Å². The minimum Gasteiger partial charge on any atom is -0.344 e. The van der Waals surface area contributed by atoms with E-state index < -0.39 is 0 Å². The summed E-state index contributed by atoms with van der Waals surface area (Å²) in [6.45, 7) is 7.03. The Morgan fingerprint density at radius 1 is 1.53 bits per heavy atom. The molecule has 88 valence electrons. The summed E-state index contributed by atoms with van der Waals surface area (Å²) in [5.41, 5.74) is 4.11. The molecule has 0 saturated carbocycles. The van der Waals surface area contributed by atoms with Crippen molar-refractivity contribution in [1.82, 2.24) is 14.8 Å². The van der Waals surface area contributed by atoms with Gasteiger partial charge in [0.05, 0.1) is 17.8 Å². The van der Waals surface area contributed by atoms with Crippen LogP contribution < -0.4 is 0 Å². The van der Waals surface area contributed by atoms with Crippen molar-refractivity contribution in [3.8, 4) is 6.07 Å². The molecule has 0 amide bonds. The summed E-state index contributed by atoms with van der Waals surface area (Å²) in [6, 6.07) is 4.19. The van der Waals surface area contributed by atoms with Gasteiger partial charge in [-0.3, -0.25) is 5.10 Å². The van der Waals surface area contributed by atoms with Crippen LogP contribution >= 0.6 is 0 Å². The van der Waals surface area contributed by atoms with E-state index in [2.05, 4.69) is 34.7 Å². The molecule has 0 radical (unpaired) electrons. The molecule has 0 atom stereocenters. The van der Waals surface area contributed by atoms with Crippen molar-refractivity contribution >= 4 is 0 Å². The van der Waals surface area contributed by atoms with Crippen molar-refractivity contribution in [2.45, 2.75) is 33.2 Å². The normalized spacial score (nSPS) is 10.8. The lowest BCUT2D eigenvalue weighted by Gasteiger charge is -2.12. The van der Waals surface area contributed by atoms with Gasteiger partial charge < -0.3 is 4.57 Å². The van der Waals surface area contributed by atoms with Gasteiger partial charge in [-0.25, -0.2) is 0 Å². The Labute approximate surface area is 101 Å². The van der Waals surface area contributed by atoms with Gasteiger partial charge in [-0.15, -0.1) is 0 Å². The number of hydrogen-bond acceptors (Lipinski definition) is 2. The van der Waals surface area contributed by atoms with E-state index in [9.17, 15) is 0 Å². The van der Waals surface area contributed by atoms with E-state index in [0.29, 0.717) is 5.92 Å². The third kappa shape index (κ3) is 2.09. The Kier molecular flexibility index (Phi) is 3.01. The SMILES string of the molecule is Cc1c(C#N)cn(Cc2ccn[nH]2)c1C(C)C. The van der Waals surface area contributed by atoms with Gasteiger partial charge >= 0.3 is 0 Å². The largest absolute Gasteiger partial charge is 0.344 e. The standard InChI is InChI=1S/C13H16N4/c1-9(2)13-10(3)11(6-14)7-17(13)8-12-4-5-15-16-12/h4-5,7,9H,8H2,1-3H3,(H,15,16). The molecule has 0 fully saturated rings. The summed E-state index contributed by atoms with van der Waals surface area (Å²) in [6.07, 6.45) is 3.66. The van der Waals surface area contributed by atoms with E-state index in [1.54, 1.807) is 6.20 Å². The highest BCUT2D eigenvalue weighted by atomic mass is 15.1. The number of rotatable bonds is 3. The van der Waals surface area contributed by atoms with Crippen LogP contribution in [0.3, 0.4) is 0 Å². The maximum Gasteiger partial charge on any atom is 0.101 e. The topological polar surface area (TPSA) is 57.4 Å².